The molecule has 0 radical (unpaired) electrons. The van der Waals surface area contributed by atoms with Crippen LogP contribution in [0.3, 0.4) is 0 Å². The molecule has 1 rings (SSSR count). The van der Waals surface area contributed by atoms with Gasteiger partial charge in [0.25, 0.3) is 0 Å². The molecule has 0 atom stereocenters. The number of nitrogens with two attached hydrogens (primary N) is 1. The van der Waals surface area contributed by atoms with Crippen LogP contribution < -0.4 is 5.73 Å². The Morgan fingerprint density at radius 3 is 2.64 bits per heavy atom. The monoisotopic (exact) mass is 157 g/mol. The van der Waals surface area contributed by atoms with E-state index in [-0.39, 0.29) is 0 Å². The Kier molecular flexibility index (Phi) is 4.55. The minimum atomic E-state index is 0.822. The normalized spacial score (nSPS) is 17.2. The van der Waals surface area contributed by atoms with Crippen LogP contribution in [0.25, 0.3) is 0 Å². The molecule has 2 heteroatoms. The molecule has 1 fully saturated rings. The first-order valence-corrected chi connectivity index (χ1v) is 4.71. The maximum absolute atomic E-state index is 5.46. The standard InChI is InChI=1S/C9H19NO/c10-6-2-1-3-7-11-8-9-4-5-9/h9H,1-8,10H2. The Morgan fingerprint density at radius 2 is 2.00 bits per heavy atom. The molecule has 66 valence electrons. The summed E-state index contributed by atoms with van der Waals surface area (Å²) >= 11 is 0. The number of rotatable bonds is 7. The van der Waals surface area contributed by atoms with Crippen molar-refractivity contribution < 1.29 is 4.74 Å². The van der Waals surface area contributed by atoms with Crippen LogP contribution in [-0.2, 0) is 4.74 Å². The van der Waals surface area contributed by atoms with Gasteiger partial charge in [0, 0.05) is 13.2 Å². The first-order chi connectivity index (χ1) is 5.43. The maximum atomic E-state index is 5.46. The highest BCUT2D eigenvalue weighted by Gasteiger charge is 2.20. The molecule has 0 bridgehead atoms. The van der Waals surface area contributed by atoms with Crippen molar-refractivity contribution in [3.05, 3.63) is 0 Å². The van der Waals surface area contributed by atoms with E-state index in [2.05, 4.69) is 0 Å². The molecule has 2 nitrogen and oxygen atoms in total. The van der Waals surface area contributed by atoms with Gasteiger partial charge >= 0.3 is 0 Å². The Hall–Kier alpha value is -0.0800. The summed E-state index contributed by atoms with van der Waals surface area (Å²) in [6.07, 6.45) is 6.34. The van der Waals surface area contributed by atoms with Crippen molar-refractivity contribution in [2.45, 2.75) is 32.1 Å². The van der Waals surface area contributed by atoms with Crippen LogP contribution in [0.1, 0.15) is 32.1 Å². The molecular weight excluding hydrogens is 138 g/mol. The van der Waals surface area contributed by atoms with Gasteiger partial charge < -0.3 is 10.5 Å². The molecule has 0 aromatic heterocycles. The smallest absolute Gasteiger partial charge is 0.0494 e. The summed E-state index contributed by atoms with van der Waals surface area (Å²) in [5.41, 5.74) is 5.36. The first kappa shape index (κ1) is 9.01. The summed E-state index contributed by atoms with van der Waals surface area (Å²) in [6, 6.07) is 0. The van der Waals surface area contributed by atoms with E-state index < -0.39 is 0 Å². The van der Waals surface area contributed by atoms with Gasteiger partial charge in [0.2, 0.25) is 0 Å². The van der Waals surface area contributed by atoms with Crippen molar-refractivity contribution in [2.24, 2.45) is 11.7 Å². The molecule has 1 aliphatic carbocycles. The summed E-state index contributed by atoms with van der Waals surface area (Å²) < 4.78 is 5.46. The van der Waals surface area contributed by atoms with Crippen LogP contribution in [0, 0.1) is 5.92 Å². The molecule has 0 unspecified atom stereocenters. The second-order valence-corrected chi connectivity index (χ2v) is 3.37. The van der Waals surface area contributed by atoms with E-state index in [1.807, 2.05) is 0 Å². The number of unbranched alkanes of at least 4 members (excludes halogenated alkanes) is 2. The molecule has 0 amide bonds. The number of ether oxygens (including phenoxy) is 1. The number of hydrogen-bond donors (Lipinski definition) is 1. The fourth-order valence-electron chi connectivity index (χ4n) is 1.06. The Bertz CT molecular complexity index is 91.6. The summed E-state index contributed by atoms with van der Waals surface area (Å²) in [6.45, 7) is 2.77. The highest BCUT2D eigenvalue weighted by molar-refractivity contribution is 4.71. The summed E-state index contributed by atoms with van der Waals surface area (Å²) in [5, 5.41) is 0. The van der Waals surface area contributed by atoms with E-state index in [1.54, 1.807) is 0 Å². The van der Waals surface area contributed by atoms with Gasteiger partial charge in [-0.15, -0.1) is 0 Å². The molecule has 0 aromatic carbocycles. The van der Waals surface area contributed by atoms with E-state index in [0.717, 1.165) is 32.1 Å². The molecule has 1 aliphatic rings. The molecule has 0 saturated heterocycles. The van der Waals surface area contributed by atoms with Gasteiger partial charge in [-0.3, -0.25) is 0 Å². The third-order valence-electron chi connectivity index (χ3n) is 2.04. The third kappa shape index (κ3) is 5.22. The fourth-order valence-corrected chi connectivity index (χ4v) is 1.06. The quantitative estimate of drug-likeness (QED) is 0.569. The van der Waals surface area contributed by atoms with Crippen molar-refractivity contribution in [2.75, 3.05) is 19.8 Å². The minimum absolute atomic E-state index is 0.822. The molecule has 0 heterocycles. The Labute approximate surface area is 69.1 Å². The van der Waals surface area contributed by atoms with E-state index in [0.29, 0.717) is 0 Å². The van der Waals surface area contributed by atoms with E-state index >= 15 is 0 Å². The molecule has 0 aliphatic heterocycles. The highest BCUT2D eigenvalue weighted by atomic mass is 16.5. The summed E-state index contributed by atoms with van der Waals surface area (Å²) in [4.78, 5) is 0. The minimum Gasteiger partial charge on any atom is -0.381 e. The molecule has 11 heavy (non-hydrogen) atoms. The highest BCUT2D eigenvalue weighted by Crippen LogP contribution is 2.28. The fraction of sp³-hybridized carbons (Fsp3) is 1.00. The van der Waals surface area contributed by atoms with Crippen molar-refractivity contribution in [3.63, 3.8) is 0 Å². The van der Waals surface area contributed by atoms with Crippen molar-refractivity contribution >= 4 is 0 Å². The van der Waals surface area contributed by atoms with Crippen molar-refractivity contribution in [1.82, 2.24) is 0 Å². The summed E-state index contributed by atoms with van der Waals surface area (Å²) in [5.74, 6) is 0.907. The molecule has 0 aromatic rings. The van der Waals surface area contributed by atoms with Crippen LogP contribution in [0.4, 0.5) is 0 Å². The zero-order valence-corrected chi connectivity index (χ0v) is 7.22. The Balaban J connectivity index is 1.66. The predicted molar refractivity (Wildman–Crippen MR) is 46.4 cm³/mol. The van der Waals surface area contributed by atoms with Gasteiger partial charge in [0.1, 0.15) is 0 Å². The average molecular weight is 157 g/mol. The molecule has 1 saturated carbocycles. The first-order valence-electron chi connectivity index (χ1n) is 4.71. The zero-order chi connectivity index (χ0) is 7.94. The van der Waals surface area contributed by atoms with Gasteiger partial charge in [-0.1, -0.05) is 0 Å². The van der Waals surface area contributed by atoms with Crippen LogP contribution in [0.2, 0.25) is 0 Å². The Morgan fingerprint density at radius 1 is 1.18 bits per heavy atom. The second kappa shape index (κ2) is 5.56. The second-order valence-electron chi connectivity index (χ2n) is 3.37. The van der Waals surface area contributed by atoms with Crippen LogP contribution in [0.15, 0.2) is 0 Å². The van der Waals surface area contributed by atoms with Crippen LogP contribution >= 0.6 is 0 Å². The van der Waals surface area contributed by atoms with Gasteiger partial charge in [0.15, 0.2) is 0 Å². The lowest BCUT2D eigenvalue weighted by atomic mass is 10.2. The van der Waals surface area contributed by atoms with E-state index in [1.165, 1.54) is 25.7 Å². The predicted octanol–water partition coefficient (Wildman–Crippen LogP) is 1.54. The largest absolute Gasteiger partial charge is 0.381 e. The molecule has 2 N–H and O–H groups in total. The number of hydrogen-bond acceptors (Lipinski definition) is 2. The topological polar surface area (TPSA) is 35.2 Å². The van der Waals surface area contributed by atoms with Gasteiger partial charge in [0.05, 0.1) is 0 Å². The van der Waals surface area contributed by atoms with Gasteiger partial charge in [-0.05, 0) is 44.6 Å². The van der Waals surface area contributed by atoms with Crippen LogP contribution in [-0.4, -0.2) is 19.8 Å². The molecule has 0 spiro atoms. The van der Waals surface area contributed by atoms with Gasteiger partial charge in [-0.2, -0.15) is 0 Å². The summed E-state index contributed by atoms with van der Waals surface area (Å²) in [7, 11) is 0. The SMILES string of the molecule is NCCCCCOCC1CC1. The maximum Gasteiger partial charge on any atom is 0.0494 e. The zero-order valence-electron chi connectivity index (χ0n) is 7.22. The lowest BCUT2D eigenvalue weighted by Gasteiger charge is -2.01. The van der Waals surface area contributed by atoms with Gasteiger partial charge in [-0.25, -0.2) is 0 Å². The van der Waals surface area contributed by atoms with Crippen molar-refractivity contribution in [1.29, 1.82) is 0 Å². The van der Waals surface area contributed by atoms with Crippen LogP contribution in [0.5, 0.6) is 0 Å². The van der Waals surface area contributed by atoms with Crippen molar-refractivity contribution in [3.8, 4) is 0 Å². The van der Waals surface area contributed by atoms with E-state index in [4.69, 9.17) is 10.5 Å². The lowest BCUT2D eigenvalue weighted by Crippen LogP contribution is -2.01. The lowest BCUT2D eigenvalue weighted by molar-refractivity contribution is 0.120. The van der Waals surface area contributed by atoms with E-state index in [9.17, 15) is 0 Å². The molecular formula is C9H19NO. The average Bonchev–Trinajstić information content (AvgIpc) is 2.80. The third-order valence-corrected chi connectivity index (χ3v) is 2.04.